The minimum atomic E-state index is -0.381. The Bertz CT molecular complexity index is 1690. The largest absolute Gasteiger partial charge is 0.487 e. The van der Waals surface area contributed by atoms with Gasteiger partial charge < -0.3 is 14.0 Å². The molecule has 2 amide bonds. The van der Waals surface area contributed by atoms with E-state index in [1.54, 1.807) is 6.08 Å². The topological polar surface area (TPSA) is 69.6 Å². The number of ether oxygens (including phenoxy) is 2. The number of aromatic nitrogens is 1. The van der Waals surface area contributed by atoms with Gasteiger partial charge in [0, 0.05) is 23.7 Å². The molecule has 1 aromatic heterocycles. The van der Waals surface area contributed by atoms with Crippen LogP contribution in [-0.4, -0.2) is 15.7 Å². The van der Waals surface area contributed by atoms with Crippen LogP contribution in [0.3, 0.4) is 0 Å². The van der Waals surface area contributed by atoms with Gasteiger partial charge in [0.1, 0.15) is 23.9 Å². The first-order valence-electron chi connectivity index (χ1n) is 12.5. The Balaban J connectivity index is 1.37. The molecule has 4 aromatic carbocycles. The standard InChI is InChI=1S/C32H24N2O4S/c35-31-29(39-32(36)33-31)18-24-20-34(19-23-11-7-14-26(17-23)38-25-12-5-2-6-13-25)30-27(24)15-8-16-28(30)37-21-22-9-3-1-4-10-22/h1-18,20H,19,21H2,(H,33,35,36)/b29-18-. The summed E-state index contributed by atoms with van der Waals surface area (Å²) in [6, 6.07) is 33.6. The molecule has 0 unspecified atom stereocenters. The van der Waals surface area contributed by atoms with Gasteiger partial charge in [-0.1, -0.05) is 72.8 Å². The molecule has 0 saturated carbocycles. The van der Waals surface area contributed by atoms with E-state index >= 15 is 0 Å². The molecule has 192 valence electrons. The monoisotopic (exact) mass is 532 g/mol. The first-order valence-corrected chi connectivity index (χ1v) is 13.3. The maximum absolute atomic E-state index is 12.3. The van der Waals surface area contributed by atoms with Gasteiger partial charge in [0.2, 0.25) is 0 Å². The molecular weight excluding hydrogens is 508 g/mol. The van der Waals surface area contributed by atoms with Gasteiger partial charge in [-0.2, -0.15) is 0 Å². The van der Waals surface area contributed by atoms with E-state index in [0.29, 0.717) is 18.1 Å². The molecule has 1 N–H and O–H groups in total. The van der Waals surface area contributed by atoms with Gasteiger partial charge in [0.15, 0.2) is 0 Å². The van der Waals surface area contributed by atoms with E-state index in [0.717, 1.165) is 56.6 Å². The number of thioether (sulfide) groups is 1. The maximum Gasteiger partial charge on any atom is 0.290 e. The molecule has 39 heavy (non-hydrogen) atoms. The van der Waals surface area contributed by atoms with Crippen LogP contribution in [0.4, 0.5) is 4.79 Å². The predicted molar refractivity (Wildman–Crippen MR) is 154 cm³/mol. The molecule has 6 nitrogen and oxygen atoms in total. The number of imide groups is 1. The van der Waals surface area contributed by atoms with Crippen molar-refractivity contribution in [2.45, 2.75) is 13.2 Å². The van der Waals surface area contributed by atoms with E-state index in [9.17, 15) is 9.59 Å². The summed E-state index contributed by atoms with van der Waals surface area (Å²) in [5.74, 6) is 1.87. The van der Waals surface area contributed by atoms with Crippen LogP contribution in [0, 0.1) is 0 Å². The fourth-order valence-corrected chi connectivity index (χ4v) is 5.21. The van der Waals surface area contributed by atoms with Gasteiger partial charge in [0.05, 0.1) is 10.4 Å². The lowest BCUT2D eigenvalue weighted by molar-refractivity contribution is -0.115. The second-order valence-corrected chi connectivity index (χ2v) is 10.1. The minimum absolute atomic E-state index is 0.364. The fraction of sp³-hybridized carbons (Fsp3) is 0.0625. The molecule has 0 bridgehead atoms. The van der Waals surface area contributed by atoms with Gasteiger partial charge in [-0.15, -0.1) is 0 Å². The van der Waals surface area contributed by atoms with Gasteiger partial charge in [0.25, 0.3) is 11.1 Å². The van der Waals surface area contributed by atoms with Crippen molar-refractivity contribution < 1.29 is 19.1 Å². The molecule has 2 heterocycles. The van der Waals surface area contributed by atoms with Crippen molar-refractivity contribution in [1.29, 1.82) is 0 Å². The van der Waals surface area contributed by atoms with E-state index in [4.69, 9.17) is 9.47 Å². The molecule has 0 radical (unpaired) electrons. The summed E-state index contributed by atoms with van der Waals surface area (Å²) < 4.78 is 14.5. The molecular formula is C32H24N2O4S. The Hall–Kier alpha value is -4.75. The van der Waals surface area contributed by atoms with E-state index in [1.165, 1.54) is 0 Å². The normalized spacial score (nSPS) is 14.1. The minimum Gasteiger partial charge on any atom is -0.487 e. The molecule has 7 heteroatoms. The van der Waals surface area contributed by atoms with Crippen LogP contribution >= 0.6 is 11.8 Å². The summed E-state index contributed by atoms with van der Waals surface area (Å²) in [7, 11) is 0. The Morgan fingerprint density at radius 3 is 2.28 bits per heavy atom. The molecule has 1 fully saturated rings. The number of rotatable bonds is 8. The number of nitrogens with zero attached hydrogens (tertiary/aromatic N) is 1. The van der Waals surface area contributed by atoms with Crippen molar-refractivity contribution >= 4 is 39.9 Å². The number of carbonyl (C=O) groups excluding carboxylic acids is 2. The summed E-state index contributed by atoms with van der Waals surface area (Å²) in [5, 5.41) is 2.89. The quantitative estimate of drug-likeness (QED) is 0.211. The number of hydrogen-bond donors (Lipinski definition) is 1. The SMILES string of the molecule is O=C1NC(=O)/C(=C/c2cn(Cc3cccc(Oc4ccccc4)c3)c3c(OCc4ccccc4)cccc23)S1. The molecule has 1 aliphatic rings. The van der Waals surface area contributed by atoms with Crippen molar-refractivity contribution in [2.24, 2.45) is 0 Å². The molecule has 1 saturated heterocycles. The zero-order valence-corrected chi connectivity index (χ0v) is 21.7. The summed E-state index contributed by atoms with van der Waals surface area (Å²) in [5.41, 5.74) is 3.85. The van der Waals surface area contributed by atoms with Gasteiger partial charge in [-0.25, -0.2) is 0 Å². The third kappa shape index (κ3) is 5.58. The Labute approximate surface area is 229 Å². The zero-order valence-electron chi connectivity index (χ0n) is 20.9. The third-order valence-electron chi connectivity index (χ3n) is 6.29. The molecule has 1 aliphatic heterocycles. The molecule has 0 spiro atoms. The number of hydrogen-bond acceptors (Lipinski definition) is 5. The molecule has 0 aliphatic carbocycles. The van der Waals surface area contributed by atoms with Crippen LogP contribution in [0.2, 0.25) is 0 Å². The smallest absolute Gasteiger partial charge is 0.290 e. The number of nitrogens with one attached hydrogen (secondary N) is 1. The van der Waals surface area contributed by atoms with Crippen LogP contribution < -0.4 is 14.8 Å². The number of amides is 2. The van der Waals surface area contributed by atoms with Crippen molar-refractivity contribution in [3.63, 3.8) is 0 Å². The predicted octanol–water partition coefficient (Wildman–Crippen LogP) is 7.38. The van der Waals surface area contributed by atoms with Crippen LogP contribution in [0.15, 0.2) is 114 Å². The Morgan fingerprint density at radius 1 is 0.795 bits per heavy atom. The summed E-state index contributed by atoms with van der Waals surface area (Å²) in [4.78, 5) is 24.4. The van der Waals surface area contributed by atoms with Crippen LogP contribution in [0.1, 0.15) is 16.7 Å². The van der Waals surface area contributed by atoms with Crippen molar-refractivity contribution in [1.82, 2.24) is 9.88 Å². The molecule has 0 atom stereocenters. The van der Waals surface area contributed by atoms with Crippen molar-refractivity contribution in [3.8, 4) is 17.2 Å². The zero-order chi connectivity index (χ0) is 26.6. The van der Waals surface area contributed by atoms with Crippen molar-refractivity contribution in [3.05, 3.63) is 131 Å². The highest BCUT2D eigenvalue weighted by molar-refractivity contribution is 8.18. The number of para-hydroxylation sites is 2. The first-order chi connectivity index (χ1) is 19.1. The highest BCUT2D eigenvalue weighted by atomic mass is 32.2. The number of carbonyl (C=O) groups is 2. The summed E-state index contributed by atoms with van der Waals surface area (Å²) in [6.07, 6.45) is 3.76. The average Bonchev–Trinajstić information content (AvgIpc) is 3.47. The van der Waals surface area contributed by atoms with E-state index in [1.807, 2.05) is 109 Å². The lowest BCUT2D eigenvalue weighted by atomic mass is 10.1. The highest BCUT2D eigenvalue weighted by Crippen LogP contribution is 2.35. The Morgan fingerprint density at radius 2 is 1.51 bits per heavy atom. The first kappa shape index (κ1) is 24.6. The second-order valence-electron chi connectivity index (χ2n) is 9.05. The maximum atomic E-state index is 12.3. The summed E-state index contributed by atoms with van der Waals surface area (Å²) in [6.45, 7) is 0.977. The summed E-state index contributed by atoms with van der Waals surface area (Å²) >= 11 is 0.909. The average molecular weight is 533 g/mol. The van der Waals surface area contributed by atoms with E-state index in [-0.39, 0.29) is 11.1 Å². The molecule has 5 aromatic rings. The number of fused-ring (bicyclic) bond motifs is 1. The number of benzene rings is 4. The lowest BCUT2D eigenvalue weighted by Crippen LogP contribution is -2.17. The van der Waals surface area contributed by atoms with Crippen LogP contribution in [-0.2, 0) is 17.9 Å². The van der Waals surface area contributed by atoms with Gasteiger partial charge >= 0.3 is 0 Å². The Kier molecular flexibility index (Phi) is 6.89. The lowest BCUT2D eigenvalue weighted by Gasteiger charge is -2.13. The van der Waals surface area contributed by atoms with Crippen LogP contribution in [0.5, 0.6) is 17.2 Å². The van der Waals surface area contributed by atoms with Crippen molar-refractivity contribution in [2.75, 3.05) is 0 Å². The molecule has 6 rings (SSSR count). The second kappa shape index (κ2) is 10.9. The van der Waals surface area contributed by atoms with Gasteiger partial charge in [-0.3, -0.25) is 14.9 Å². The van der Waals surface area contributed by atoms with E-state index in [2.05, 4.69) is 9.88 Å². The third-order valence-corrected chi connectivity index (χ3v) is 7.10. The van der Waals surface area contributed by atoms with Crippen LogP contribution in [0.25, 0.3) is 17.0 Å². The fourth-order valence-electron chi connectivity index (χ4n) is 4.54. The van der Waals surface area contributed by atoms with E-state index < -0.39 is 0 Å². The highest BCUT2D eigenvalue weighted by Gasteiger charge is 2.26. The van der Waals surface area contributed by atoms with Gasteiger partial charge in [-0.05, 0) is 59.3 Å².